The van der Waals surface area contributed by atoms with Gasteiger partial charge in [-0.1, -0.05) is 13.8 Å². The number of hydrogen-bond acceptors (Lipinski definition) is 7. The van der Waals surface area contributed by atoms with Gasteiger partial charge in [0.15, 0.2) is 23.8 Å². The first-order chi connectivity index (χ1) is 16.1. The van der Waals surface area contributed by atoms with Crippen LogP contribution in [-0.4, -0.2) is 64.7 Å². The van der Waals surface area contributed by atoms with Gasteiger partial charge in [0, 0.05) is 30.1 Å². The minimum absolute atomic E-state index is 0.0909. The molecule has 4 aliphatic carbocycles. The molecule has 194 valence electrons. The molecule has 0 aromatic heterocycles. The number of esters is 1. The van der Waals surface area contributed by atoms with Gasteiger partial charge in [0.1, 0.15) is 11.8 Å². The van der Waals surface area contributed by atoms with Crippen LogP contribution in [0.5, 0.6) is 0 Å². The van der Waals surface area contributed by atoms with E-state index >= 15 is 8.78 Å². The van der Waals surface area contributed by atoms with Gasteiger partial charge in [0.2, 0.25) is 5.78 Å². The van der Waals surface area contributed by atoms with Crippen LogP contribution >= 0.6 is 0 Å². The Hall–Kier alpha value is -1.71. The normalized spacial score (nSPS) is 49.9. The second-order valence-corrected chi connectivity index (χ2v) is 12.0. The van der Waals surface area contributed by atoms with Crippen molar-refractivity contribution < 1.29 is 42.5 Å². The third-order valence-corrected chi connectivity index (χ3v) is 9.84. The minimum atomic E-state index is -2.18. The van der Waals surface area contributed by atoms with Crippen LogP contribution in [0.15, 0.2) is 11.6 Å². The second-order valence-electron chi connectivity index (χ2n) is 12.0. The molecule has 1 saturated heterocycles. The molecule has 9 atom stereocenters. The molecule has 9 unspecified atom stereocenters. The highest BCUT2D eigenvalue weighted by atomic mass is 19.1. The Balaban J connectivity index is 1.61. The standard InChI is InChI=1S/C26H34F2O7/c1-13(29)33-12-20(32)26-21(34-22(2,3)35-26)10-15-16-9-18(27)17-8-14(30)6-7-23(17,4)25(16,28)19(31)11-24(15,26)5/h8,15-16,18-19,21,31H,6-7,9-12H2,1-5H3. The SMILES string of the molecule is CC(=O)OCC(=O)C12OC(C)(C)OC1CC1C3CC(F)C4=CC(=O)CCC4(C)C3(F)C(O)CC12C. The second kappa shape index (κ2) is 7.42. The smallest absolute Gasteiger partial charge is 0.303 e. The Morgan fingerprint density at radius 1 is 1.20 bits per heavy atom. The number of hydrogen-bond donors (Lipinski definition) is 1. The van der Waals surface area contributed by atoms with Gasteiger partial charge in [0.25, 0.3) is 0 Å². The van der Waals surface area contributed by atoms with Gasteiger partial charge in [-0.2, -0.15) is 0 Å². The summed E-state index contributed by atoms with van der Waals surface area (Å²) in [6.07, 6.45) is -2.44. The van der Waals surface area contributed by atoms with Crippen LogP contribution in [-0.2, 0) is 28.6 Å². The number of Topliss-reactive ketones (excluding diaryl/α,β-unsaturated/α-hetero) is 1. The highest BCUT2D eigenvalue weighted by Gasteiger charge is 2.80. The van der Waals surface area contributed by atoms with Crippen LogP contribution in [0, 0.1) is 22.7 Å². The molecule has 35 heavy (non-hydrogen) atoms. The van der Waals surface area contributed by atoms with Gasteiger partial charge >= 0.3 is 5.97 Å². The molecule has 0 aromatic carbocycles. The molecule has 9 heteroatoms. The molecule has 5 aliphatic rings. The highest BCUT2D eigenvalue weighted by molar-refractivity contribution is 5.93. The largest absolute Gasteiger partial charge is 0.458 e. The van der Waals surface area contributed by atoms with Crippen molar-refractivity contribution in [1.29, 1.82) is 0 Å². The van der Waals surface area contributed by atoms with E-state index in [2.05, 4.69) is 0 Å². The molecule has 0 amide bonds. The van der Waals surface area contributed by atoms with Crippen LogP contribution < -0.4 is 0 Å². The summed E-state index contributed by atoms with van der Waals surface area (Å²) in [6, 6.07) is 0. The molecule has 0 aromatic rings. The number of alkyl halides is 2. The summed E-state index contributed by atoms with van der Waals surface area (Å²) in [4.78, 5) is 37.2. The zero-order valence-corrected chi connectivity index (χ0v) is 20.9. The summed E-state index contributed by atoms with van der Waals surface area (Å²) in [5, 5.41) is 11.5. The lowest BCUT2D eigenvalue weighted by Crippen LogP contribution is -2.71. The molecule has 7 nitrogen and oxygen atoms in total. The Kier molecular flexibility index (Phi) is 5.29. The monoisotopic (exact) mass is 496 g/mol. The minimum Gasteiger partial charge on any atom is -0.458 e. The predicted octanol–water partition coefficient (Wildman–Crippen LogP) is 3.16. The lowest BCUT2D eigenvalue weighted by molar-refractivity contribution is -0.254. The first-order valence-corrected chi connectivity index (χ1v) is 12.4. The van der Waals surface area contributed by atoms with E-state index in [1.54, 1.807) is 27.7 Å². The molecule has 5 rings (SSSR count). The molecule has 0 spiro atoms. The number of aliphatic hydroxyl groups is 1. The van der Waals surface area contributed by atoms with Crippen molar-refractivity contribution in [2.45, 2.75) is 102 Å². The summed E-state index contributed by atoms with van der Waals surface area (Å²) in [5.74, 6) is -3.93. The Morgan fingerprint density at radius 3 is 2.54 bits per heavy atom. The zero-order chi connectivity index (χ0) is 25.8. The van der Waals surface area contributed by atoms with E-state index in [1.165, 1.54) is 13.0 Å². The maximum atomic E-state index is 17.3. The van der Waals surface area contributed by atoms with Crippen LogP contribution in [0.25, 0.3) is 0 Å². The predicted molar refractivity (Wildman–Crippen MR) is 119 cm³/mol. The van der Waals surface area contributed by atoms with Crippen molar-refractivity contribution in [3.8, 4) is 0 Å². The number of halogens is 2. The van der Waals surface area contributed by atoms with E-state index in [-0.39, 0.29) is 43.5 Å². The summed E-state index contributed by atoms with van der Waals surface area (Å²) in [6.45, 7) is 7.42. The van der Waals surface area contributed by atoms with E-state index in [9.17, 15) is 19.5 Å². The number of aliphatic hydroxyl groups excluding tert-OH is 1. The molecule has 0 radical (unpaired) electrons. The average Bonchev–Trinajstić information content (AvgIpc) is 3.16. The fraction of sp³-hybridized carbons (Fsp3) is 0.808. The van der Waals surface area contributed by atoms with Crippen LogP contribution in [0.1, 0.15) is 66.7 Å². The number of rotatable bonds is 3. The summed E-state index contributed by atoms with van der Waals surface area (Å²) < 4.78 is 50.4. The Bertz CT molecular complexity index is 1030. The quantitative estimate of drug-likeness (QED) is 0.599. The molecule has 0 bridgehead atoms. The van der Waals surface area contributed by atoms with Crippen LogP contribution in [0.4, 0.5) is 8.78 Å². The Morgan fingerprint density at radius 2 is 1.89 bits per heavy atom. The van der Waals surface area contributed by atoms with Crippen LogP contribution in [0.3, 0.4) is 0 Å². The van der Waals surface area contributed by atoms with Crippen molar-refractivity contribution in [3.05, 3.63) is 11.6 Å². The van der Waals surface area contributed by atoms with E-state index < -0.39 is 76.5 Å². The first-order valence-electron chi connectivity index (χ1n) is 12.4. The van der Waals surface area contributed by atoms with Crippen molar-refractivity contribution in [2.24, 2.45) is 22.7 Å². The topological polar surface area (TPSA) is 99.1 Å². The number of allylic oxidation sites excluding steroid dienone is 1. The number of ether oxygens (including phenoxy) is 3. The van der Waals surface area contributed by atoms with Gasteiger partial charge < -0.3 is 19.3 Å². The molecular formula is C26H34F2O7. The van der Waals surface area contributed by atoms with E-state index in [0.29, 0.717) is 0 Å². The number of ketones is 2. The summed E-state index contributed by atoms with van der Waals surface area (Å²) in [7, 11) is 0. The lowest BCUT2D eigenvalue weighted by atomic mass is 9.43. The number of carbonyl (C=O) groups is 3. The third kappa shape index (κ3) is 3.01. The molecule has 1 heterocycles. The van der Waals surface area contributed by atoms with E-state index in [1.807, 2.05) is 0 Å². The average molecular weight is 497 g/mol. The fourth-order valence-corrected chi connectivity index (χ4v) is 8.43. The number of fused-ring (bicyclic) bond motifs is 7. The molecule has 1 aliphatic heterocycles. The zero-order valence-electron chi connectivity index (χ0n) is 20.9. The third-order valence-electron chi connectivity index (χ3n) is 9.84. The maximum absolute atomic E-state index is 17.3. The van der Waals surface area contributed by atoms with Crippen molar-refractivity contribution in [1.82, 2.24) is 0 Å². The van der Waals surface area contributed by atoms with E-state index in [0.717, 1.165) is 0 Å². The van der Waals surface area contributed by atoms with Crippen molar-refractivity contribution in [2.75, 3.05) is 6.61 Å². The molecule has 3 saturated carbocycles. The number of carbonyl (C=O) groups excluding carboxylic acids is 3. The van der Waals surface area contributed by atoms with Crippen molar-refractivity contribution >= 4 is 17.5 Å². The maximum Gasteiger partial charge on any atom is 0.303 e. The van der Waals surface area contributed by atoms with Gasteiger partial charge in [0.05, 0.1) is 12.2 Å². The molecule has 1 N–H and O–H groups in total. The fourth-order valence-electron chi connectivity index (χ4n) is 8.43. The van der Waals surface area contributed by atoms with Crippen LogP contribution in [0.2, 0.25) is 0 Å². The van der Waals surface area contributed by atoms with Gasteiger partial charge in [-0.25, -0.2) is 8.78 Å². The summed E-state index contributed by atoms with van der Waals surface area (Å²) >= 11 is 0. The van der Waals surface area contributed by atoms with Gasteiger partial charge in [-0.15, -0.1) is 0 Å². The Labute approximate surface area is 203 Å². The summed E-state index contributed by atoms with van der Waals surface area (Å²) in [5.41, 5.74) is -6.06. The van der Waals surface area contributed by atoms with Gasteiger partial charge in [-0.3, -0.25) is 14.4 Å². The molecule has 4 fully saturated rings. The van der Waals surface area contributed by atoms with Gasteiger partial charge in [-0.05, 0) is 57.1 Å². The lowest BCUT2D eigenvalue weighted by Gasteiger charge is -2.64. The molecular weight excluding hydrogens is 462 g/mol. The highest BCUT2D eigenvalue weighted by Crippen LogP contribution is 2.73. The van der Waals surface area contributed by atoms with E-state index in [4.69, 9.17) is 14.2 Å². The first kappa shape index (κ1) is 25.0. The van der Waals surface area contributed by atoms with Crippen molar-refractivity contribution in [3.63, 3.8) is 0 Å².